The van der Waals surface area contributed by atoms with E-state index in [-0.39, 0.29) is 0 Å². The maximum absolute atomic E-state index is 12.4. The van der Waals surface area contributed by atoms with E-state index in [1.165, 1.54) is 5.19 Å². The first-order chi connectivity index (χ1) is 12.9. The van der Waals surface area contributed by atoms with Crippen LogP contribution in [0.1, 0.15) is 62.3 Å². The topological polar surface area (TPSA) is 38.3 Å². The molecule has 0 unspecified atom stereocenters. The van der Waals surface area contributed by atoms with Crippen LogP contribution in [0.15, 0.2) is 36.4 Å². The van der Waals surface area contributed by atoms with Crippen LogP contribution in [0.4, 0.5) is 10.5 Å². The van der Waals surface area contributed by atoms with Crippen molar-refractivity contribution in [3.63, 3.8) is 0 Å². The van der Waals surface area contributed by atoms with Gasteiger partial charge in [0.05, 0.1) is 13.8 Å². The van der Waals surface area contributed by atoms with Crippen LogP contribution in [0.5, 0.6) is 0 Å². The highest BCUT2D eigenvalue weighted by molar-refractivity contribution is 6.95. The van der Waals surface area contributed by atoms with Gasteiger partial charge in [-0.25, -0.2) is 4.79 Å². The van der Waals surface area contributed by atoms with Gasteiger partial charge in [0, 0.05) is 5.39 Å². The molecule has 1 N–H and O–H groups in total. The number of anilines is 1. The number of amides is 1. The van der Waals surface area contributed by atoms with Crippen LogP contribution in [0, 0.1) is 0 Å². The van der Waals surface area contributed by atoms with Crippen LogP contribution in [0.3, 0.4) is 0 Å². The smallest absolute Gasteiger partial charge is 0.412 e. The molecule has 0 aliphatic carbocycles. The second-order valence-corrected chi connectivity index (χ2v) is 15.7. The molecule has 28 heavy (non-hydrogen) atoms. The molecule has 3 nitrogen and oxygen atoms in total. The first-order valence-electron chi connectivity index (χ1n) is 10.4. The molecule has 0 spiro atoms. The van der Waals surface area contributed by atoms with Crippen molar-refractivity contribution in [1.82, 2.24) is 0 Å². The highest BCUT2D eigenvalue weighted by Gasteiger charge is 2.44. The van der Waals surface area contributed by atoms with Gasteiger partial charge in [0.15, 0.2) is 0 Å². The normalized spacial score (nSPS) is 12.9. The Morgan fingerprint density at radius 3 is 2.00 bits per heavy atom. The van der Waals surface area contributed by atoms with E-state index >= 15 is 0 Å². The fourth-order valence-electron chi connectivity index (χ4n) is 5.06. The SMILES string of the molecule is CC(C)[Si](c1ccc2cccc(NC(=O)OC(C)(C)C)c2c1)(C(C)C)C(C)C. The van der Waals surface area contributed by atoms with E-state index in [0.717, 1.165) is 16.5 Å². The van der Waals surface area contributed by atoms with E-state index in [1.54, 1.807) is 0 Å². The molecule has 0 saturated heterocycles. The van der Waals surface area contributed by atoms with E-state index in [2.05, 4.69) is 71.1 Å². The molecule has 4 heteroatoms. The van der Waals surface area contributed by atoms with Crippen molar-refractivity contribution in [2.75, 3.05) is 5.32 Å². The molecule has 0 aliphatic heterocycles. The van der Waals surface area contributed by atoms with E-state index in [1.807, 2.05) is 32.9 Å². The van der Waals surface area contributed by atoms with Crippen LogP contribution in [-0.2, 0) is 4.74 Å². The molecule has 0 bridgehead atoms. The summed E-state index contributed by atoms with van der Waals surface area (Å²) in [6.07, 6.45) is -0.412. The Hall–Kier alpha value is -1.81. The van der Waals surface area contributed by atoms with Crippen molar-refractivity contribution in [3.8, 4) is 0 Å². The van der Waals surface area contributed by atoms with E-state index in [4.69, 9.17) is 4.74 Å². The molecule has 0 aromatic heterocycles. The van der Waals surface area contributed by atoms with Crippen molar-refractivity contribution in [3.05, 3.63) is 36.4 Å². The molecule has 0 radical (unpaired) electrons. The van der Waals surface area contributed by atoms with Crippen molar-refractivity contribution in [2.45, 2.75) is 84.5 Å². The van der Waals surface area contributed by atoms with Gasteiger partial charge in [0.1, 0.15) is 5.60 Å². The largest absolute Gasteiger partial charge is 0.444 e. The molecule has 154 valence electrons. The predicted octanol–water partition coefficient (Wildman–Crippen LogP) is 7.07. The Labute approximate surface area is 171 Å². The number of carbonyl (C=O) groups is 1. The van der Waals surface area contributed by atoms with Crippen molar-refractivity contribution in [1.29, 1.82) is 0 Å². The molecular weight excluding hydrogens is 362 g/mol. The predicted molar refractivity (Wildman–Crippen MR) is 124 cm³/mol. The summed E-state index contributed by atoms with van der Waals surface area (Å²) in [5.41, 5.74) is 2.20. The lowest BCUT2D eigenvalue weighted by atomic mass is 10.1. The second kappa shape index (κ2) is 8.28. The Morgan fingerprint density at radius 1 is 0.929 bits per heavy atom. The average molecular weight is 400 g/mol. The number of fused-ring (bicyclic) bond motifs is 1. The molecule has 0 atom stereocenters. The maximum atomic E-state index is 12.4. The first-order valence-corrected chi connectivity index (χ1v) is 12.7. The quantitative estimate of drug-likeness (QED) is 0.546. The van der Waals surface area contributed by atoms with Gasteiger partial charge in [0.25, 0.3) is 0 Å². The molecule has 0 saturated carbocycles. The monoisotopic (exact) mass is 399 g/mol. The fourth-order valence-corrected chi connectivity index (χ4v) is 11.8. The van der Waals surface area contributed by atoms with Crippen LogP contribution >= 0.6 is 0 Å². The minimum atomic E-state index is -1.77. The molecule has 2 aromatic carbocycles. The lowest BCUT2D eigenvalue weighted by molar-refractivity contribution is 0.0636. The lowest BCUT2D eigenvalue weighted by Gasteiger charge is -2.44. The highest BCUT2D eigenvalue weighted by Crippen LogP contribution is 2.41. The zero-order valence-electron chi connectivity index (χ0n) is 19.0. The Kier molecular flexibility index (Phi) is 6.65. The van der Waals surface area contributed by atoms with Crippen LogP contribution in [0.2, 0.25) is 16.6 Å². The van der Waals surface area contributed by atoms with Crippen LogP contribution in [-0.4, -0.2) is 19.8 Å². The summed E-state index contributed by atoms with van der Waals surface area (Å²) >= 11 is 0. The third-order valence-electron chi connectivity index (χ3n) is 5.88. The van der Waals surface area contributed by atoms with Gasteiger partial charge in [-0.2, -0.15) is 0 Å². The van der Waals surface area contributed by atoms with Crippen LogP contribution < -0.4 is 10.5 Å². The van der Waals surface area contributed by atoms with Gasteiger partial charge in [-0.05, 0) is 48.8 Å². The lowest BCUT2D eigenvalue weighted by Crippen LogP contribution is -2.55. The van der Waals surface area contributed by atoms with Crippen molar-refractivity contribution in [2.24, 2.45) is 0 Å². The van der Waals surface area contributed by atoms with E-state index < -0.39 is 19.8 Å². The molecule has 2 rings (SSSR count). The molecular formula is C24H37NO2Si. The fraction of sp³-hybridized carbons (Fsp3) is 0.542. The van der Waals surface area contributed by atoms with Gasteiger partial charge >= 0.3 is 6.09 Å². The third kappa shape index (κ3) is 4.43. The van der Waals surface area contributed by atoms with Crippen LogP contribution in [0.25, 0.3) is 10.8 Å². The third-order valence-corrected chi connectivity index (χ3v) is 12.9. The first kappa shape index (κ1) is 22.5. The number of ether oxygens (including phenoxy) is 1. The molecule has 0 aliphatic rings. The van der Waals surface area contributed by atoms with Crippen molar-refractivity contribution >= 4 is 35.8 Å². The van der Waals surface area contributed by atoms with E-state index in [0.29, 0.717) is 16.6 Å². The molecule has 0 heterocycles. The number of carbonyl (C=O) groups excluding carboxylic acids is 1. The summed E-state index contributed by atoms with van der Waals surface area (Å²) in [5, 5.41) is 6.66. The van der Waals surface area contributed by atoms with Crippen molar-refractivity contribution < 1.29 is 9.53 Å². The molecule has 0 fully saturated rings. The summed E-state index contributed by atoms with van der Waals surface area (Å²) in [6, 6.07) is 12.9. The van der Waals surface area contributed by atoms with Gasteiger partial charge in [-0.15, -0.1) is 0 Å². The highest BCUT2D eigenvalue weighted by atomic mass is 28.3. The van der Waals surface area contributed by atoms with Gasteiger partial charge in [-0.1, -0.05) is 77.1 Å². The number of hydrogen-bond acceptors (Lipinski definition) is 2. The summed E-state index contributed by atoms with van der Waals surface area (Å²) in [6.45, 7) is 19.9. The van der Waals surface area contributed by atoms with Gasteiger partial charge in [0.2, 0.25) is 0 Å². The summed E-state index contributed by atoms with van der Waals surface area (Å²) in [4.78, 5) is 12.4. The average Bonchev–Trinajstić information content (AvgIpc) is 2.53. The number of rotatable bonds is 5. The Balaban J connectivity index is 2.59. The standard InChI is InChI=1S/C24H37NO2Si/c1-16(2)28(17(3)4,18(5)6)20-14-13-19-11-10-12-22(21(19)15-20)25-23(26)27-24(7,8)9/h10-18H,1-9H3,(H,25,26). The minimum absolute atomic E-state index is 0.412. The molecule has 2 aromatic rings. The van der Waals surface area contributed by atoms with E-state index in [9.17, 15) is 4.79 Å². The van der Waals surface area contributed by atoms with Gasteiger partial charge in [-0.3, -0.25) is 5.32 Å². The Morgan fingerprint density at radius 2 is 1.50 bits per heavy atom. The summed E-state index contributed by atoms with van der Waals surface area (Å²) < 4.78 is 5.46. The summed E-state index contributed by atoms with van der Waals surface area (Å²) in [7, 11) is -1.77. The Bertz CT molecular complexity index is 812. The zero-order chi connectivity index (χ0) is 21.3. The maximum Gasteiger partial charge on any atom is 0.412 e. The number of nitrogens with one attached hydrogen (secondary N) is 1. The zero-order valence-corrected chi connectivity index (χ0v) is 20.0. The molecule has 1 amide bonds. The summed E-state index contributed by atoms with van der Waals surface area (Å²) in [5.74, 6) is 0. The number of benzene rings is 2. The number of hydrogen-bond donors (Lipinski definition) is 1. The minimum Gasteiger partial charge on any atom is -0.444 e. The van der Waals surface area contributed by atoms with Gasteiger partial charge < -0.3 is 4.74 Å². The second-order valence-electron chi connectivity index (χ2n) is 9.77.